The van der Waals surface area contributed by atoms with Crippen LogP contribution in [0.25, 0.3) is 0 Å². The zero-order chi connectivity index (χ0) is 11.6. The van der Waals surface area contributed by atoms with E-state index in [4.69, 9.17) is 4.52 Å². The molecule has 0 radical (unpaired) electrons. The van der Waals surface area contributed by atoms with Crippen molar-refractivity contribution in [1.82, 2.24) is 15.5 Å². The van der Waals surface area contributed by atoms with Crippen LogP contribution < -0.4 is 5.32 Å². The van der Waals surface area contributed by atoms with Gasteiger partial charge in [0, 0.05) is 0 Å². The van der Waals surface area contributed by atoms with Crippen molar-refractivity contribution in [2.45, 2.75) is 58.9 Å². The molecule has 0 aliphatic rings. The second-order valence-corrected chi connectivity index (χ2v) is 4.18. The number of aromatic nitrogens is 2. The fraction of sp³-hybridized carbons (Fsp3) is 0.833. The summed E-state index contributed by atoms with van der Waals surface area (Å²) in [6.07, 6.45) is 7.96. The third-order valence-electron chi connectivity index (χ3n) is 2.55. The summed E-state index contributed by atoms with van der Waals surface area (Å²) in [5, 5.41) is 7.05. The fourth-order valence-electron chi connectivity index (χ4n) is 1.64. The van der Waals surface area contributed by atoms with Gasteiger partial charge in [0.25, 0.3) is 0 Å². The Morgan fingerprint density at radius 2 is 1.88 bits per heavy atom. The molecule has 1 heterocycles. The van der Waals surface area contributed by atoms with Crippen molar-refractivity contribution in [2.24, 2.45) is 0 Å². The number of hydrogen-bond donors (Lipinski definition) is 1. The number of nitrogens with zero attached hydrogens (tertiary/aromatic N) is 2. The van der Waals surface area contributed by atoms with Gasteiger partial charge in [-0.3, -0.25) is 0 Å². The molecule has 1 N–H and O–H groups in total. The minimum Gasteiger partial charge on any atom is -0.338 e. The van der Waals surface area contributed by atoms with Crippen LogP contribution in [-0.2, 0) is 6.54 Å². The van der Waals surface area contributed by atoms with Crippen molar-refractivity contribution >= 4 is 0 Å². The van der Waals surface area contributed by atoms with Crippen LogP contribution in [0, 0.1) is 6.92 Å². The number of nitrogens with one attached hydrogen (secondary N) is 1. The number of rotatable bonds is 9. The largest absolute Gasteiger partial charge is 0.338 e. The maximum absolute atomic E-state index is 5.00. The molecule has 0 unspecified atom stereocenters. The number of hydrogen-bond acceptors (Lipinski definition) is 4. The summed E-state index contributed by atoms with van der Waals surface area (Å²) in [7, 11) is 0. The van der Waals surface area contributed by atoms with Crippen molar-refractivity contribution in [2.75, 3.05) is 6.54 Å². The van der Waals surface area contributed by atoms with Crippen molar-refractivity contribution in [3.05, 3.63) is 11.7 Å². The smallest absolute Gasteiger partial charge is 0.240 e. The molecule has 0 saturated heterocycles. The molecule has 0 spiro atoms. The summed E-state index contributed by atoms with van der Waals surface area (Å²) in [6.45, 7) is 5.80. The quantitative estimate of drug-likeness (QED) is 0.657. The number of unbranched alkanes of at least 4 members (excludes halogenated alkanes) is 5. The lowest BCUT2D eigenvalue weighted by molar-refractivity contribution is 0.363. The third kappa shape index (κ3) is 5.85. The van der Waals surface area contributed by atoms with E-state index in [9.17, 15) is 0 Å². The Bertz CT molecular complexity index is 273. The van der Waals surface area contributed by atoms with Gasteiger partial charge in [-0.25, -0.2) is 0 Å². The Labute approximate surface area is 97.8 Å². The molecule has 0 aliphatic heterocycles. The zero-order valence-corrected chi connectivity index (χ0v) is 10.5. The van der Waals surface area contributed by atoms with Gasteiger partial charge < -0.3 is 9.84 Å². The first kappa shape index (κ1) is 13.2. The predicted molar refractivity (Wildman–Crippen MR) is 64.1 cm³/mol. The van der Waals surface area contributed by atoms with Crippen molar-refractivity contribution in [3.8, 4) is 0 Å². The monoisotopic (exact) mass is 225 g/mol. The molecule has 1 rings (SSSR count). The average Bonchev–Trinajstić information content (AvgIpc) is 2.68. The van der Waals surface area contributed by atoms with E-state index < -0.39 is 0 Å². The van der Waals surface area contributed by atoms with Crippen LogP contribution in [0.1, 0.15) is 57.2 Å². The van der Waals surface area contributed by atoms with Crippen LogP contribution in [0.3, 0.4) is 0 Å². The lowest BCUT2D eigenvalue weighted by Crippen LogP contribution is -2.14. The fourth-order valence-corrected chi connectivity index (χ4v) is 1.64. The molecule has 0 fully saturated rings. The van der Waals surface area contributed by atoms with Gasteiger partial charge in [-0.15, -0.1) is 0 Å². The van der Waals surface area contributed by atoms with Gasteiger partial charge in [0.2, 0.25) is 5.89 Å². The zero-order valence-electron chi connectivity index (χ0n) is 10.5. The van der Waals surface area contributed by atoms with Crippen LogP contribution in [0.2, 0.25) is 0 Å². The SMILES string of the molecule is CCCCCCCCNCc1nc(C)no1. The summed E-state index contributed by atoms with van der Waals surface area (Å²) in [4.78, 5) is 4.13. The normalized spacial score (nSPS) is 10.9. The first-order chi connectivity index (χ1) is 7.83. The van der Waals surface area contributed by atoms with E-state index in [1.807, 2.05) is 6.92 Å². The highest BCUT2D eigenvalue weighted by molar-refractivity contribution is 4.81. The lowest BCUT2D eigenvalue weighted by atomic mass is 10.1. The Morgan fingerprint density at radius 1 is 1.12 bits per heavy atom. The maximum atomic E-state index is 5.00. The highest BCUT2D eigenvalue weighted by atomic mass is 16.5. The highest BCUT2D eigenvalue weighted by Gasteiger charge is 2.00. The molecule has 0 saturated carbocycles. The highest BCUT2D eigenvalue weighted by Crippen LogP contribution is 2.04. The van der Waals surface area contributed by atoms with Crippen molar-refractivity contribution in [1.29, 1.82) is 0 Å². The average molecular weight is 225 g/mol. The summed E-state index contributed by atoms with van der Waals surface area (Å²) in [5.41, 5.74) is 0. The van der Waals surface area contributed by atoms with E-state index in [1.54, 1.807) is 0 Å². The van der Waals surface area contributed by atoms with Gasteiger partial charge in [-0.2, -0.15) is 4.98 Å². The predicted octanol–water partition coefficient (Wildman–Crippen LogP) is 2.83. The molecule has 0 bridgehead atoms. The molecular formula is C12H23N3O. The van der Waals surface area contributed by atoms with Crippen LogP contribution in [0.5, 0.6) is 0 Å². The summed E-state index contributed by atoms with van der Waals surface area (Å²) < 4.78 is 5.00. The number of aryl methyl sites for hydroxylation is 1. The first-order valence-corrected chi connectivity index (χ1v) is 6.33. The molecule has 92 valence electrons. The lowest BCUT2D eigenvalue weighted by Gasteiger charge is -2.01. The van der Waals surface area contributed by atoms with Gasteiger partial charge >= 0.3 is 0 Å². The Balaban J connectivity index is 1.88. The Morgan fingerprint density at radius 3 is 2.56 bits per heavy atom. The second kappa shape index (κ2) is 8.28. The molecule has 4 nitrogen and oxygen atoms in total. The van der Waals surface area contributed by atoms with Gasteiger partial charge in [0.1, 0.15) is 0 Å². The van der Waals surface area contributed by atoms with E-state index in [2.05, 4.69) is 22.4 Å². The van der Waals surface area contributed by atoms with E-state index in [-0.39, 0.29) is 0 Å². The van der Waals surface area contributed by atoms with Gasteiger partial charge in [0.05, 0.1) is 6.54 Å². The second-order valence-electron chi connectivity index (χ2n) is 4.18. The van der Waals surface area contributed by atoms with E-state index in [0.717, 1.165) is 6.54 Å². The van der Waals surface area contributed by atoms with E-state index >= 15 is 0 Å². The molecule has 0 amide bonds. The molecule has 0 aliphatic carbocycles. The standard InChI is InChI=1S/C12H23N3O/c1-3-4-5-6-7-8-9-13-10-12-14-11(2)15-16-12/h13H,3-10H2,1-2H3. The van der Waals surface area contributed by atoms with Gasteiger partial charge in [-0.05, 0) is 19.9 Å². The summed E-state index contributed by atoms with van der Waals surface area (Å²) >= 11 is 0. The molecule has 1 aromatic rings. The Kier molecular flexibility index (Phi) is 6.81. The minimum absolute atomic E-state index is 0.684. The maximum Gasteiger partial charge on any atom is 0.240 e. The first-order valence-electron chi connectivity index (χ1n) is 6.33. The van der Waals surface area contributed by atoms with Gasteiger partial charge in [0.15, 0.2) is 5.82 Å². The molecule has 1 aromatic heterocycles. The molecular weight excluding hydrogens is 202 g/mol. The Hall–Kier alpha value is -0.900. The topological polar surface area (TPSA) is 51.0 Å². The molecule has 0 atom stereocenters. The molecule has 0 aromatic carbocycles. The van der Waals surface area contributed by atoms with Gasteiger partial charge in [-0.1, -0.05) is 44.2 Å². The summed E-state index contributed by atoms with van der Waals surface area (Å²) in [5.74, 6) is 1.39. The third-order valence-corrected chi connectivity index (χ3v) is 2.55. The molecule has 4 heteroatoms. The van der Waals surface area contributed by atoms with Crippen molar-refractivity contribution in [3.63, 3.8) is 0 Å². The van der Waals surface area contributed by atoms with Crippen LogP contribution in [0.4, 0.5) is 0 Å². The minimum atomic E-state index is 0.684. The van der Waals surface area contributed by atoms with Crippen LogP contribution in [0.15, 0.2) is 4.52 Å². The van der Waals surface area contributed by atoms with E-state index in [1.165, 1.54) is 38.5 Å². The van der Waals surface area contributed by atoms with Crippen LogP contribution >= 0.6 is 0 Å². The van der Waals surface area contributed by atoms with E-state index in [0.29, 0.717) is 18.3 Å². The van der Waals surface area contributed by atoms with Crippen molar-refractivity contribution < 1.29 is 4.52 Å². The molecule has 16 heavy (non-hydrogen) atoms. The van der Waals surface area contributed by atoms with Crippen LogP contribution in [-0.4, -0.2) is 16.7 Å². The summed E-state index contributed by atoms with van der Waals surface area (Å²) in [6, 6.07) is 0.